The summed E-state index contributed by atoms with van der Waals surface area (Å²) in [4.78, 5) is 3.93. The molecular weight excluding hydrogens is 288 g/mol. The van der Waals surface area contributed by atoms with E-state index in [1.807, 2.05) is 19.1 Å². The zero-order chi connectivity index (χ0) is 15.1. The number of pyridine rings is 1. The van der Waals surface area contributed by atoms with Crippen LogP contribution in [0.3, 0.4) is 0 Å². The first-order valence-corrected chi connectivity index (χ1v) is 8.93. The highest BCUT2D eigenvalue weighted by Crippen LogP contribution is 2.19. The number of likely N-dealkylation sites (N-methyl/N-ethyl adjacent to an activating group) is 1. The Labute approximate surface area is 127 Å². The minimum Gasteiger partial charge on any atom is -0.315 e. The van der Waals surface area contributed by atoms with Crippen LogP contribution in [0.4, 0.5) is 0 Å². The van der Waals surface area contributed by atoms with Gasteiger partial charge in [0.2, 0.25) is 0 Å². The lowest BCUT2D eigenvalue weighted by Crippen LogP contribution is -2.52. The van der Waals surface area contributed by atoms with Gasteiger partial charge in [0.05, 0.1) is 0 Å². The first kappa shape index (κ1) is 16.4. The smallest absolute Gasteiger partial charge is 0.280 e. The van der Waals surface area contributed by atoms with Crippen LogP contribution in [0, 0.1) is 0 Å². The van der Waals surface area contributed by atoms with Crippen LogP contribution in [0.5, 0.6) is 0 Å². The highest BCUT2D eigenvalue weighted by Gasteiger charge is 2.31. The highest BCUT2D eigenvalue weighted by molar-refractivity contribution is 7.87. The van der Waals surface area contributed by atoms with Crippen molar-refractivity contribution in [1.82, 2.24) is 19.3 Å². The Kier molecular flexibility index (Phi) is 6.10. The van der Waals surface area contributed by atoms with Crippen LogP contribution in [0.15, 0.2) is 24.5 Å². The first-order chi connectivity index (χ1) is 10.1. The summed E-state index contributed by atoms with van der Waals surface area (Å²) in [6.45, 7) is 4.50. The molecule has 0 aliphatic carbocycles. The Morgan fingerprint density at radius 1 is 1.33 bits per heavy atom. The molecule has 2 heterocycles. The van der Waals surface area contributed by atoms with Gasteiger partial charge in [0.25, 0.3) is 10.2 Å². The van der Waals surface area contributed by atoms with Crippen molar-refractivity contribution >= 4 is 10.2 Å². The van der Waals surface area contributed by atoms with Gasteiger partial charge >= 0.3 is 0 Å². The maximum atomic E-state index is 12.5. The number of nitrogens with one attached hydrogen (secondary N) is 2. The third kappa shape index (κ3) is 4.74. The predicted octanol–water partition coefficient (Wildman–Crippen LogP) is 0.880. The first-order valence-electron chi connectivity index (χ1n) is 7.49. The molecule has 1 unspecified atom stereocenters. The summed E-state index contributed by atoms with van der Waals surface area (Å²) in [6, 6.07) is 3.68. The van der Waals surface area contributed by atoms with Crippen molar-refractivity contribution in [3.05, 3.63) is 30.1 Å². The van der Waals surface area contributed by atoms with Crippen molar-refractivity contribution in [1.29, 1.82) is 0 Å². The van der Waals surface area contributed by atoms with Gasteiger partial charge < -0.3 is 5.32 Å². The van der Waals surface area contributed by atoms with Crippen molar-refractivity contribution in [2.75, 3.05) is 19.6 Å². The Morgan fingerprint density at radius 2 is 2.10 bits per heavy atom. The molecule has 0 amide bonds. The maximum Gasteiger partial charge on any atom is 0.280 e. The van der Waals surface area contributed by atoms with Gasteiger partial charge in [0.1, 0.15) is 0 Å². The van der Waals surface area contributed by atoms with E-state index in [2.05, 4.69) is 15.0 Å². The van der Waals surface area contributed by atoms with E-state index in [1.54, 1.807) is 16.7 Å². The molecule has 0 bridgehead atoms. The summed E-state index contributed by atoms with van der Waals surface area (Å²) in [5.41, 5.74) is 0.911. The van der Waals surface area contributed by atoms with Gasteiger partial charge in [0.15, 0.2) is 0 Å². The van der Waals surface area contributed by atoms with Crippen LogP contribution in [-0.2, 0) is 16.8 Å². The lowest BCUT2D eigenvalue weighted by molar-refractivity contribution is 0.243. The van der Waals surface area contributed by atoms with Crippen LogP contribution in [0.1, 0.15) is 31.7 Å². The van der Waals surface area contributed by atoms with E-state index in [0.717, 1.165) is 31.4 Å². The molecule has 2 N–H and O–H groups in total. The Morgan fingerprint density at radius 3 is 2.81 bits per heavy atom. The van der Waals surface area contributed by atoms with Gasteiger partial charge in [-0.1, -0.05) is 13.3 Å². The molecule has 0 spiro atoms. The lowest BCUT2D eigenvalue weighted by atomic mass is 10.1. The molecule has 0 saturated carbocycles. The molecule has 1 atom stereocenters. The Hall–Kier alpha value is -1.02. The molecule has 1 aliphatic heterocycles. The molecule has 1 fully saturated rings. The van der Waals surface area contributed by atoms with E-state index in [9.17, 15) is 8.42 Å². The van der Waals surface area contributed by atoms with Crippen LogP contribution in [0.2, 0.25) is 0 Å². The minimum atomic E-state index is -3.44. The third-order valence-electron chi connectivity index (χ3n) is 3.72. The average molecular weight is 312 g/mol. The summed E-state index contributed by atoms with van der Waals surface area (Å²) in [5.74, 6) is 0. The normalized spacial score (nSPS) is 20.5. The molecule has 118 valence electrons. The average Bonchev–Trinajstić information content (AvgIpc) is 2.52. The molecule has 21 heavy (non-hydrogen) atoms. The van der Waals surface area contributed by atoms with Gasteiger partial charge in [-0.2, -0.15) is 17.4 Å². The van der Waals surface area contributed by atoms with E-state index in [-0.39, 0.29) is 6.04 Å². The number of rotatable bonds is 7. The Balaban J connectivity index is 1.98. The van der Waals surface area contributed by atoms with Crippen LogP contribution in [-0.4, -0.2) is 43.4 Å². The molecule has 1 saturated heterocycles. The molecule has 1 aliphatic rings. The number of hydrogen-bond donors (Lipinski definition) is 2. The van der Waals surface area contributed by atoms with E-state index < -0.39 is 10.2 Å². The van der Waals surface area contributed by atoms with Gasteiger partial charge in [0, 0.05) is 38.1 Å². The largest absolute Gasteiger partial charge is 0.315 e. The maximum absolute atomic E-state index is 12.5. The van der Waals surface area contributed by atoms with E-state index >= 15 is 0 Å². The van der Waals surface area contributed by atoms with E-state index in [4.69, 9.17) is 0 Å². The predicted molar refractivity (Wildman–Crippen MR) is 82.9 cm³/mol. The van der Waals surface area contributed by atoms with Gasteiger partial charge in [-0.3, -0.25) is 4.98 Å². The number of hydrogen-bond acceptors (Lipinski definition) is 4. The molecule has 0 aromatic carbocycles. The molecule has 2 rings (SSSR count). The van der Waals surface area contributed by atoms with Crippen molar-refractivity contribution in [2.24, 2.45) is 0 Å². The Bertz CT molecular complexity index is 521. The van der Waals surface area contributed by atoms with Gasteiger partial charge in [-0.25, -0.2) is 0 Å². The number of nitrogens with zero attached hydrogens (tertiary/aromatic N) is 2. The second-order valence-corrected chi connectivity index (χ2v) is 6.96. The van der Waals surface area contributed by atoms with Crippen LogP contribution < -0.4 is 10.0 Å². The standard InChI is InChI=1S/C14H24N4O2S/c1-2-15-12-14-5-3-4-10-18(14)21(19,20)17-11-13-6-8-16-9-7-13/h6-9,14-15,17H,2-5,10-12H2,1H3. The zero-order valence-electron chi connectivity index (χ0n) is 12.5. The number of aromatic nitrogens is 1. The summed E-state index contributed by atoms with van der Waals surface area (Å²) < 4.78 is 29.3. The molecule has 6 nitrogen and oxygen atoms in total. The second-order valence-electron chi connectivity index (χ2n) is 5.25. The van der Waals surface area contributed by atoms with E-state index in [1.165, 1.54) is 0 Å². The highest BCUT2D eigenvalue weighted by atomic mass is 32.2. The topological polar surface area (TPSA) is 74.3 Å². The van der Waals surface area contributed by atoms with Crippen molar-refractivity contribution in [3.63, 3.8) is 0 Å². The van der Waals surface area contributed by atoms with Crippen LogP contribution >= 0.6 is 0 Å². The van der Waals surface area contributed by atoms with Gasteiger partial charge in [-0.05, 0) is 37.1 Å². The molecule has 1 aromatic heterocycles. The van der Waals surface area contributed by atoms with E-state index in [0.29, 0.717) is 19.6 Å². The zero-order valence-corrected chi connectivity index (χ0v) is 13.3. The SMILES string of the molecule is CCNCC1CCCCN1S(=O)(=O)NCc1ccncc1. The molecule has 7 heteroatoms. The quantitative estimate of drug-likeness (QED) is 0.784. The second kappa shape index (κ2) is 7.84. The van der Waals surface area contributed by atoms with Crippen molar-refractivity contribution < 1.29 is 8.42 Å². The fourth-order valence-electron chi connectivity index (χ4n) is 2.56. The molecule has 0 radical (unpaired) electrons. The number of piperidine rings is 1. The monoisotopic (exact) mass is 312 g/mol. The molecule has 1 aromatic rings. The van der Waals surface area contributed by atoms with Crippen molar-refractivity contribution in [2.45, 2.75) is 38.8 Å². The summed E-state index contributed by atoms with van der Waals surface area (Å²) in [6.07, 6.45) is 6.27. The molecular formula is C14H24N4O2S. The fourth-order valence-corrected chi connectivity index (χ4v) is 4.02. The minimum absolute atomic E-state index is 0.0497. The summed E-state index contributed by atoms with van der Waals surface area (Å²) in [7, 11) is -3.44. The van der Waals surface area contributed by atoms with Gasteiger partial charge in [-0.15, -0.1) is 0 Å². The summed E-state index contributed by atoms with van der Waals surface area (Å²) >= 11 is 0. The lowest BCUT2D eigenvalue weighted by Gasteiger charge is -2.34. The fraction of sp³-hybridized carbons (Fsp3) is 0.643. The summed E-state index contributed by atoms with van der Waals surface area (Å²) in [5, 5.41) is 3.25. The van der Waals surface area contributed by atoms with Crippen LogP contribution in [0.25, 0.3) is 0 Å². The third-order valence-corrected chi connectivity index (χ3v) is 5.33. The van der Waals surface area contributed by atoms with Crippen molar-refractivity contribution in [3.8, 4) is 0 Å².